The van der Waals surface area contributed by atoms with E-state index in [1.54, 1.807) is 12.1 Å². The van der Waals surface area contributed by atoms with Crippen molar-refractivity contribution in [2.75, 3.05) is 26.7 Å². The van der Waals surface area contributed by atoms with Gasteiger partial charge in [-0.15, -0.1) is 0 Å². The van der Waals surface area contributed by atoms with Crippen molar-refractivity contribution < 1.29 is 19.1 Å². The molecule has 1 aliphatic heterocycles. The molecule has 0 aromatic heterocycles. The van der Waals surface area contributed by atoms with Gasteiger partial charge in [0.05, 0.1) is 12.7 Å². The van der Waals surface area contributed by atoms with Crippen molar-refractivity contribution in [2.45, 2.75) is 58.7 Å². The van der Waals surface area contributed by atoms with E-state index < -0.39 is 5.60 Å². The Balaban J connectivity index is 1.91. The van der Waals surface area contributed by atoms with Gasteiger partial charge in [-0.3, -0.25) is 4.90 Å². The highest BCUT2D eigenvalue weighted by molar-refractivity contribution is 5.89. The number of carbonyl (C=O) groups is 2. The summed E-state index contributed by atoms with van der Waals surface area (Å²) in [7, 11) is 1.38. The first-order valence-corrected chi connectivity index (χ1v) is 9.51. The largest absolute Gasteiger partial charge is 0.465 e. The normalized spacial score (nSPS) is 21.0. The number of nitrogens with zero attached hydrogens (tertiary/aromatic N) is 2. The van der Waals surface area contributed by atoms with Crippen LogP contribution < -0.4 is 0 Å². The Morgan fingerprint density at radius 1 is 1.07 bits per heavy atom. The van der Waals surface area contributed by atoms with Crippen LogP contribution in [0.5, 0.6) is 0 Å². The minimum Gasteiger partial charge on any atom is -0.465 e. The number of piperazine rings is 1. The lowest BCUT2D eigenvalue weighted by molar-refractivity contribution is -0.00721. The topological polar surface area (TPSA) is 59.1 Å². The van der Waals surface area contributed by atoms with Crippen LogP contribution in [0.15, 0.2) is 24.3 Å². The molecule has 1 fully saturated rings. The molecule has 1 aliphatic rings. The number of ether oxygens (including phenoxy) is 2. The van der Waals surface area contributed by atoms with Crippen molar-refractivity contribution in [2.24, 2.45) is 0 Å². The molecule has 1 amide bonds. The molecule has 150 valence electrons. The highest BCUT2D eigenvalue weighted by atomic mass is 16.6. The van der Waals surface area contributed by atoms with E-state index in [0.29, 0.717) is 18.7 Å². The van der Waals surface area contributed by atoms with Crippen LogP contribution in [-0.4, -0.2) is 66.3 Å². The molecule has 0 saturated carbocycles. The summed E-state index contributed by atoms with van der Waals surface area (Å²) in [4.78, 5) is 28.1. The SMILES string of the molecule is COC(=O)c1ccc(CCN2[C@H](C)CN(C(=O)OC(C)(C)C)C[C@@H]2C)cc1. The van der Waals surface area contributed by atoms with Crippen LogP contribution in [0.1, 0.15) is 50.5 Å². The lowest BCUT2D eigenvalue weighted by Gasteiger charge is -2.44. The first kappa shape index (κ1) is 21.2. The van der Waals surface area contributed by atoms with Gasteiger partial charge in [0.25, 0.3) is 0 Å². The number of esters is 1. The van der Waals surface area contributed by atoms with E-state index in [1.807, 2.05) is 37.8 Å². The van der Waals surface area contributed by atoms with Gasteiger partial charge < -0.3 is 14.4 Å². The third-order valence-electron chi connectivity index (χ3n) is 4.79. The smallest absolute Gasteiger partial charge is 0.410 e. The van der Waals surface area contributed by atoms with Crippen molar-refractivity contribution in [3.05, 3.63) is 35.4 Å². The summed E-state index contributed by atoms with van der Waals surface area (Å²) in [5.74, 6) is -0.318. The van der Waals surface area contributed by atoms with Gasteiger partial charge in [0.15, 0.2) is 0 Å². The van der Waals surface area contributed by atoms with Crippen molar-refractivity contribution in [1.82, 2.24) is 9.80 Å². The summed E-state index contributed by atoms with van der Waals surface area (Å²) < 4.78 is 10.2. The van der Waals surface area contributed by atoms with Gasteiger partial charge in [-0.25, -0.2) is 9.59 Å². The van der Waals surface area contributed by atoms with Gasteiger partial charge in [0, 0.05) is 31.7 Å². The molecule has 1 saturated heterocycles. The van der Waals surface area contributed by atoms with Crippen LogP contribution in [0.3, 0.4) is 0 Å². The van der Waals surface area contributed by atoms with Crippen LogP contribution in [0.25, 0.3) is 0 Å². The predicted octanol–water partition coefficient (Wildman–Crippen LogP) is 3.35. The number of methoxy groups -OCH3 is 1. The average Bonchev–Trinajstić information content (AvgIpc) is 2.59. The Kier molecular flexibility index (Phi) is 6.87. The lowest BCUT2D eigenvalue weighted by atomic mass is 10.0. The quantitative estimate of drug-likeness (QED) is 0.754. The molecule has 0 unspecified atom stereocenters. The highest BCUT2D eigenvalue weighted by Crippen LogP contribution is 2.19. The fourth-order valence-electron chi connectivity index (χ4n) is 3.46. The van der Waals surface area contributed by atoms with Gasteiger partial charge in [0.2, 0.25) is 0 Å². The van der Waals surface area contributed by atoms with E-state index in [0.717, 1.165) is 13.0 Å². The molecule has 2 rings (SSSR count). The number of carbonyl (C=O) groups excluding carboxylic acids is 2. The molecule has 0 aliphatic carbocycles. The van der Waals surface area contributed by atoms with Crippen molar-refractivity contribution in [1.29, 1.82) is 0 Å². The molecule has 6 heteroatoms. The van der Waals surface area contributed by atoms with Crippen LogP contribution in [0, 0.1) is 0 Å². The molecule has 0 bridgehead atoms. The Morgan fingerprint density at radius 2 is 1.63 bits per heavy atom. The van der Waals surface area contributed by atoms with Crippen molar-refractivity contribution >= 4 is 12.1 Å². The van der Waals surface area contributed by atoms with E-state index in [9.17, 15) is 9.59 Å². The minimum atomic E-state index is -0.475. The molecule has 0 radical (unpaired) electrons. The van der Waals surface area contributed by atoms with Crippen LogP contribution in [0.2, 0.25) is 0 Å². The molecule has 0 spiro atoms. The predicted molar refractivity (Wildman–Crippen MR) is 105 cm³/mol. The number of hydrogen-bond donors (Lipinski definition) is 0. The second-order valence-electron chi connectivity index (χ2n) is 8.26. The molecule has 27 heavy (non-hydrogen) atoms. The number of rotatable bonds is 4. The maximum atomic E-state index is 12.3. The molecule has 1 heterocycles. The molecule has 6 nitrogen and oxygen atoms in total. The first-order valence-electron chi connectivity index (χ1n) is 9.51. The zero-order valence-electron chi connectivity index (χ0n) is 17.3. The van der Waals surface area contributed by atoms with Crippen LogP contribution in [0.4, 0.5) is 4.79 Å². The maximum Gasteiger partial charge on any atom is 0.410 e. The standard InChI is InChI=1S/C21H32N2O4/c1-15-13-22(20(25)27-21(3,4)5)14-16(2)23(15)12-11-17-7-9-18(10-8-17)19(24)26-6/h7-10,15-16H,11-14H2,1-6H3/t15-,16+. The zero-order chi connectivity index (χ0) is 20.2. The second kappa shape index (κ2) is 8.74. The van der Waals surface area contributed by atoms with Gasteiger partial charge >= 0.3 is 12.1 Å². The summed E-state index contributed by atoms with van der Waals surface area (Å²) in [6.07, 6.45) is 0.655. The minimum absolute atomic E-state index is 0.237. The first-order chi connectivity index (χ1) is 12.6. The lowest BCUT2D eigenvalue weighted by Crippen LogP contribution is -2.58. The van der Waals surface area contributed by atoms with E-state index >= 15 is 0 Å². The fraction of sp³-hybridized carbons (Fsp3) is 0.619. The summed E-state index contributed by atoms with van der Waals surface area (Å²) in [6.45, 7) is 12.2. The number of amides is 1. The zero-order valence-corrected chi connectivity index (χ0v) is 17.3. The fourth-order valence-corrected chi connectivity index (χ4v) is 3.46. The van der Waals surface area contributed by atoms with Crippen LogP contribution >= 0.6 is 0 Å². The molecule has 1 aromatic rings. The van der Waals surface area contributed by atoms with Gasteiger partial charge in [-0.1, -0.05) is 12.1 Å². The average molecular weight is 376 g/mol. The van der Waals surface area contributed by atoms with Crippen molar-refractivity contribution in [3.63, 3.8) is 0 Å². The number of hydrogen-bond acceptors (Lipinski definition) is 5. The molecular weight excluding hydrogens is 344 g/mol. The Morgan fingerprint density at radius 3 is 2.11 bits per heavy atom. The second-order valence-corrected chi connectivity index (χ2v) is 8.26. The van der Waals surface area contributed by atoms with Crippen molar-refractivity contribution in [3.8, 4) is 0 Å². The molecular formula is C21H32N2O4. The Bertz CT molecular complexity index is 639. The third kappa shape index (κ3) is 5.96. The summed E-state index contributed by atoms with van der Waals surface area (Å²) in [5, 5.41) is 0. The molecule has 0 N–H and O–H groups in total. The highest BCUT2D eigenvalue weighted by Gasteiger charge is 2.33. The van der Waals surface area contributed by atoms with Gasteiger partial charge in [-0.05, 0) is 58.7 Å². The van der Waals surface area contributed by atoms with E-state index in [2.05, 4.69) is 18.7 Å². The van der Waals surface area contributed by atoms with E-state index in [-0.39, 0.29) is 24.1 Å². The Hall–Kier alpha value is -2.08. The molecule has 2 atom stereocenters. The van der Waals surface area contributed by atoms with Crippen LogP contribution in [-0.2, 0) is 15.9 Å². The monoisotopic (exact) mass is 376 g/mol. The summed E-state index contributed by atoms with van der Waals surface area (Å²) in [5.41, 5.74) is 1.27. The molecule has 1 aromatic carbocycles. The van der Waals surface area contributed by atoms with Gasteiger partial charge in [-0.2, -0.15) is 0 Å². The van der Waals surface area contributed by atoms with Gasteiger partial charge in [0.1, 0.15) is 5.60 Å². The third-order valence-corrected chi connectivity index (χ3v) is 4.79. The summed E-state index contributed by atoms with van der Waals surface area (Å²) >= 11 is 0. The van der Waals surface area contributed by atoms with E-state index in [4.69, 9.17) is 9.47 Å². The number of benzene rings is 1. The van der Waals surface area contributed by atoms with E-state index in [1.165, 1.54) is 12.7 Å². The maximum absolute atomic E-state index is 12.3. The summed E-state index contributed by atoms with van der Waals surface area (Å²) in [6, 6.07) is 8.06. The Labute approximate surface area is 162 Å².